The molecule has 1 amide bonds. The molecule has 0 saturated carbocycles. The molecule has 0 radical (unpaired) electrons. The lowest BCUT2D eigenvalue weighted by Gasteiger charge is -2.30. The summed E-state index contributed by atoms with van der Waals surface area (Å²) in [5.74, 6) is -0.255. The molecule has 1 saturated heterocycles. The zero-order valence-corrected chi connectivity index (χ0v) is 15.7. The number of rotatable bonds is 5. The van der Waals surface area contributed by atoms with Crippen LogP contribution in [0.1, 0.15) is 24.0 Å². The van der Waals surface area contributed by atoms with Gasteiger partial charge < -0.3 is 10.2 Å². The van der Waals surface area contributed by atoms with E-state index in [0.29, 0.717) is 5.69 Å². The molecule has 1 aromatic rings. The van der Waals surface area contributed by atoms with Crippen LogP contribution in [0, 0.1) is 13.8 Å². The molecule has 134 valence electrons. The number of anilines is 1. The monoisotopic (exact) mass is 353 g/mol. The van der Waals surface area contributed by atoms with Gasteiger partial charge in [-0.1, -0.05) is 6.07 Å². The number of carbonyl (C=O) groups is 1. The van der Waals surface area contributed by atoms with Crippen LogP contribution >= 0.6 is 0 Å². The summed E-state index contributed by atoms with van der Waals surface area (Å²) in [7, 11) is -1.47. The van der Waals surface area contributed by atoms with Crippen molar-refractivity contribution in [2.75, 3.05) is 37.2 Å². The van der Waals surface area contributed by atoms with Crippen LogP contribution in [0.4, 0.5) is 5.69 Å². The summed E-state index contributed by atoms with van der Waals surface area (Å²) < 4.78 is 25.5. The van der Waals surface area contributed by atoms with Crippen molar-refractivity contribution in [1.82, 2.24) is 10.2 Å². The Kier molecular flexibility index (Phi) is 5.87. The summed E-state index contributed by atoms with van der Waals surface area (Å²) in [5, 5.41) is 2.97. The molecule has 6 nitrogen and oxygen atoms in total. The number of hydrogen-bond donors (Lipinski definition) is 1. The average Bonchev–Trinajstić information content (AvgIpc) is 2.45. The van der Waals surface area contributed by atoms with Crippen LogP contribution < -0.4 is 9.62 Å². The lowest BCUT2D eigenvalue weighted by molar-refractivity contribution is -0.120. The molecule has 0 spiro atoms. The largest absolute Gasteiger partial charge is 0.352 e. The number of likely N-dealkylation sites (tertiary alicyclic amines) is 1. The van der Waals surface area contributed by atoms with Crippen molar-refractivity contribution in [2.24, 2.45) is 0 Å². The Bertz CT molecular complexity index is 675. The van der Waals surface area contributed by atoms with E-state index in [1.54, 1.807) is 12.1 Å². The number of carbonyl (C=O) groups excluding carboxylic acids is 1. The molecule has 1 heterocycles. The summed E-state index contributed by atoms with van der Waals surface area (Å²) in [6.45, 7) is 5.52. The number of hydrogen-bond acceptors (Lipinski definition) is 4. The number of nitrogens with zero attached hydrogens (tertiary/aromatic N) is 2. The van der Waals surface area contributed by atoms with Crippen LogP contribution in [0.15, 0.2) is 18.2 Å². The summed E-state index contributed by atoms with van der Waals surface area (Å²) in [4.78, 5) is 14.6. The Morgan fingerprint density at radius 1 is 1.21 bits per heavy atom. The summed E-state index contributed by atoms with van der Waals surface area (Å²) in [6, 6.07) is 5.67. The van der Waals surface area contributed by atoms with Crippen molar-refractivity contribution in [3.63, 3.8) is 0 Å². The Balaban J connectivity index is 2.10. The third-order valence-electron chi connectivity index (χ3n) is 4.27. The van der Waals surface area contributed by atoms with Crippen molar-refractivity contribution in [3.05, 3.63) is 29.3 Å². The minimum atomic E-state index is -3.53. The topological polar surface area (TPSA) is 69.7 Å². The highest BCUT2D eigenvalue weighted by molar-refractivity contribution is 7.92. The zero-order valence-electron chi connectivity index (χ0n) is 14.9. The van der Waals surface area contributed by atoms with E-state index in [-0.39, 0.29) is 18.5 Å². The molecule has 0 unspecified atom stereocenters. The van der Waals surface area contributed by atoms with Gasteiger partial charge in [-0.15, -0.1) is 0 Å². The smallest absolute Gasteiger partial charge is 0.240 e. The molecule has 1 fully saturated rings. The molecule has 7 heteroatoms. The van der Waals surface area contributed by atoms with Gasteiger partial charge in [0.05, 0.1) is 11.9 Å². The fraction of sp³-hybridized carbons (Fsp3) is 0.588. The number of sulfonamides is 1. The van der Waals surface area contributed by atoms with E-state index in [1.807, 2.05) is 19.9 Å². The van der Waals surface area contributed by atoms with Gasteiger partial charge >= 0.3 is 0 Å². The third-order valence-corrected chi connectivity index (χ3v) is 5.41. The van der Waals surface area contributed by atoms with E-state index in [4.69, 9.17) is 0 Å². The third kappa shape index (κ3) is 5.21. The van der Waals surface area contributed by atoms with E-state index in [1.165, 1.54) is 4.31 Å². The van der Waals surface area contributed by atoms with E-state index in [9.17, 15) is 13.2 Å². The van der Waals surface area contributed by atoms with Gasteiger partial charge in [0, 0.05) is 6.04 Å². The first-order valence-electron chi connectivity index (χ1n) is 8.19. The van der Waals surface area contributed by atoms with Crippen molar-refractivity contribution in [1.29, 1.82) is 0 Å². The van der Waals surface area contributed by atoms with Crippen LogP contribution in [0.5, 0.6) is 0 Å². The summed E-state index contributed by atoms with van der Waals surface area (Å²) in [5.41, 5.74) is 2.47. The Labute approximate surface area is 144 Å². The number of nitrogens with one attached hydrogen (secondary N) is 1. The van der Waals surface area contributed by atoms with Gasteiger partial charge in [-0.2, -0.15) is 0 Å². The predicted molar refractivity (Wildman–Crippen MR) is 96.8 cm³/mol. The Morgan fingerprint density at radius 3 is 2.25 bits per heavy atom. The molecular weight excluding hydrogens is 326 g/mol. The summed E-state index contributed by atoms with van der Waals surface area (Å²) >= 11 is 0. The molecule has 0 aromatic heterocycles. The second-order valence-electron chi connectivity index (χ2n) is 6.76. The fourth-order valence-electron chi connectivity index (χ4n) is 3.05. The Morgan fingerprint density at radius 2 is 1.75 bits per heavy atom. The number of benzene rings is 1. The lowest BCUT2D eigenvalue weighted by Crippen LogP contribution is -2.47. The first-order valence-corrected chi connectivity index (χ1v) is 10.0. The normalized spacial score (nSPS) is 16.8. The average molecular weight is 353 g/mol. The minimum Gasteiger partial charge on any atom is -0.352 e. The standard InChI is InChI=1S/C17H27N3O3S/c1-13-9-14(2)11-16(10-13)20(24(4,22)23)12-17(21)18-15-5-7-19(3)8-6-15/h9-11,15H,5-8,12H2,1-4H3,(H,18,21). The molecular formula is C17H27N3O3S. The molecule has 1 aromatic carbocycles. The van der Waals surface area contributed by atoms with Gasteiger partial charge in [0.1, 0.15) is 6.54 Å². The van der Waals surface area contributed by atoms with Crippen LogP contribution in [0.3, 0.4) is 0 Å². The maximum atomic E-state index is 12.4. The van der Waals surface area contributed by atoms with Crippen molar-refractivity contribution in [2.45, 2.75) is 32.7 Å². The number of amides is 1. The first-order chi connectivity index (χ1) is 11.1. The van der Waals surface area contributed by atoms with Gasteiger partial charge in [-0.05, 0) is 70.1 Å². The van der Waals surface area contributed by atoms with E-state index >= 15 is 0 Å². The van der Waals surface area contributed by atoms with Gasteiger partial charge in [0.25, 0.3) is 0 Å². The number of aryl methyl sites for hydroxylation is 2. The Hall–Kier alpha value is -1.60. The molecule has 0 aliphatic carbocycles. The van der Waals surface area contributed by atoms with Crippen molar-refractivity contribution >= 4 is 21.6 Å². The highest BCUT2D eigenvalue weighted by atomic mass is 32.2. The van der Waals surface area contributed by atoms with Crippen LogP contribution in [-0.4, -0.2) is 58.2 Å². The van der Waals surface area contributed by atoms with Gasteiger partial charge in [-0.3, -0.25) is 9.10 Å². The molecule has 0 bridgehead atoms. The molecule has 1 N–H and O–H groups in total. The molecule has 1 aliphatic rings. The summed E-state index contributed by atoms with van der Waals surface area (Å²) in [6.07, 6.45) is 2.92. The minimum absolute atomic E-state index is 0.120. The fourth-order valence-corrected chi connectivity index (χ4v) is 3.89. The molecule has 0 atom stereocenters. The van der Waals surface area contributed by atoms with E-state index in [0.717, 1.165) is 43.3 Å². The predicted octanol–water partition coefficient (Wildman–Crippen LogP) is 1.28. The second-order valence-corrected chi connectivity index (χ2v) is 8.67. The first kappa shape index (κ1) is 18.7. The maximum absolute atomic E-state index is 12.4. The zero-order chi connectivity index (χ0) is 17.9. The molecule has 1 aliphatic heterocycles. The van der Waals surface area contributed by atoms with Crippen LogP contribution in [0.2, 0.25) is 0 Å². The SMILES string of the molecule is Cc1cc(C)cc(N(CC(=O)NC2CCN(C)CC2)S(C)(=O)=O)c1. The quantitative estimate of drug-likeness (QED) is 0.866. The van der Waals surface area contributed by atoms with Gasteiger partial charge in [0.15, 0.2) is 0 Å². The van der Waals surface area contributed by atoms with Gasteiger partial charge in [-0.25, -0.2) is 8.42 Å². The van der Waals surface area contributed by atoms with Crippen LogP contribution in [0.25, 0.3) is 0 Å². The number of piperidine rings is 1. The lowest BCUT2D eigenvalue weighted by atomic mass is 10.1. The van der Waals surface area contributed by atoms with Crippen molar-refractivity contribution < 1.29 is 13.2 Å². The van der Waals surface area contributed by atoms with Crippen molar-refractivity contribution in [3.8, 4) is 0 Å². The van der Waals surface area contributed by atoms with E-state index < -0.39 is 10.0 Å². The second kappa shape index (κ2) is 7.53. The molecule has 2 rings (SSSR count). The van der Waals surface area contributed by atoms with E-state index in [2.05, 4.69) is 17.3 Å². The molecule has 24 heavy (non-hydrogen) atoms. The maximum Gasteiger partial charge on any atom is 0.240 e. The highest BCUT2D eigenvalue weighted by Crippen LogP contribution is 2.21. The van der Waals surface area contributed by atoms with Crippen LogP contribution in [-0.2, 0) is 14.8 Å². The highest BCUT2D eigenvalue weighted by Gasteiger charge is 2.24. The van der Waals surface area contributed by atoms with Gasteiger partial charge in [0.2, 0.25) is 15.9 Å².